The fraction of sp³-hybridized carbons (Fsp3) is 0.455. The summed E-state index contributed by atoms with van der Waals surface area (Å²) in [6.45, 7) is 9.16. The van der Waals surface area contributed by atoms with Gasteiger partial charge in [-0.2, -0.15) is 0 Å². The molecular weight excluding hydrogens is 382 g/mol. The van der Waals surface area contributed by atoms with Crippen LogP contribution in [0.25, 0.3) is 11.3 Å². The minimum absolute atomic E-state index is 0.0557. The van der Waals surface area contributed by atoms with Gasteiger partial charge in [0.15, 0.2) is 0 Å². The van der Waals surface area contributed by atoms with E-state index >= 15 is 0 Å². The van der Waals surface area contributed by atoms with Gasteiger partial charge in [-0.05, 0) is 57.4 Å². The molecule has 3 aromatic rings. The summed E-state index contributed by atoms with van der Waals surface area (Å²) in [6, 6.07) is 5.97. The molecule has 0 aliphatic carbocycles. The molecule has 2 heterocycles. The zero-order valence-electron chi connectivity index (χ0n) is 18.0. The van der Waals surface area contributed by atoms with Crippen LogP contribution in [0.2, 0.25) is 0 Å². The number of carbonyl (C=O) groups excluding carboxylic acids is 1. The standard InChI is InChI=1S/C22H29N5O3/c1-15(2)30-11-5-8-23-20(28)7-6-19-24-25-21-22(29)26(9-10-27(19)21)18-13-16(3)12-17(4)14-18/h9-10,12-15H,5-8,11H2,1-4H3,(H,23,28). The molecular formula is C22H29N5O3. The van der Waals surface area contributed by atoms with Crippen molar-refractivity contribution in [1.29, 1.82) is 0 Å². The highest BCUT2D eigenvalue weighted by molar-refractivity contribution is 5.76. The Kier molecular flexibility index (Phi) is 6.99. The molecule has 0 aliphatic heterocycles. The number of ether oxygens (including phenoxy) is 1. The second-order valence-corrected chi connectivity index (χ2v) is 7.75. The number of hydrogen-bond donors (Lipinski definition) is 1. The maximum Gasteiger partial charge on any atom is 0.300 e. The molecule has 1 aromatic carbocycles. The first-order valence-corrected chi connectivity index (χ1v) is 10.3. The number of fused-ring (bicyclic) bond motifs is 1. The zero-order valence-corrected chi connectivity index (χ0v) is 18.0. The molecule has 1 N–H and O–H groups in total. The molecule has 160 valence electrons. The highest BCUT2D eigenvalue weighted by Crippen LogP contribution is 2.13. The third kappa shape index (κ3) is 5.33. The fourth-order valence-electron chi connectivity index (χ4n) is 3.33. The van der Waals surface area contributed by atoms with Crippen LogP contribution in [0.3, 0.4) is 0 Å². The van der Waals surface area contributed by atoms with Crippen LogP contribution < -0.4 is 10.9 Å². The van der Waals surface area contributed by atoms with Gasteiger partial charge in [0.2, 0.25) is 11.6 Å². The fourth-order valence-corrected chi connectivity index (χ4v) is 3.33. The first-order valence-electron chi connectivity index (χ1n) is 10.3. The smallest absolute Gasteiger partial charge is 0.300 e. The van der Waals surface area contributed by atoms with Crippen LogP contribution in [0, 0.1) is 13.8 Å². The minimum atomic E-state index is -0.240. The summed E-state index contributed by atoms with van der Waals surface area (Å²) in [6.07, 6.45) is 5.14. The van der Waals surface area contributed by atoms with Gasteiger partial charge in [-0.15, -0.1) is 10.2 Å². The van der Waals surface area contributed by atoms with Crippen molar-refractivity contribution in [3.63, 3.8) is 0 Å². The van der Waals surface area contributed by atoms with Crippen molar-refractivity contribution in [3.8, 4) is 5.69 Å². The number of aryl methyl sites for hydroxylation is 3. The maximum atomic E-state index is 12.9. The van der Waals surface area contributed by atoms with Gasteiger partial charge in [-0.1, -0.05) is 6.07 Å². The summed E-state index contributed by atoms with van der Waals surface area (Å²) in [5.74, 6) is 0.535. The summed E-state index contributed by atoms with van der Waals surface area (Å²) >= 11 is 0. The molecule has 0 saturated carbocycles. The Bertz CT molecular complexity index is 1060. The monoisotopic (exact) mass is 411 g/mol. The van der Waals surface area contributed by atoms with Gasteiger partial charge < -0.3 is 10.1 Å². The van der Waals surface area contributed by atoms with Gasteiger partial charge in [0.25, 0.3) is 0 Å². The Labute approximate surface area is 175 Å². The van der Waals surface area contributed by atoms with Crippen LogP contribution in [-0.4, -0.2) is 44.3 Å². The van der Waals surface area contributed by atoms with Crippen molar-refractivity contribution in [2.75, 3.05) is 13.2 Å². The Morgan fingerprint density at radius 2 is 1.87 bits per heavy atom. The first kappa shape index (κ1) is 21.7. The van der Waals surface area contributed by atoms with E-state index in [1.165, 1.54) is 0 Å². The molecule has 2 aromatic heterocycles. The van der Waals surface area contributed by atoms with E-state index in [4.69, 9.17) is 4.74 Å². The number of nitrogens with one attached hydrogen (secondary N) is 1. The molecule has 0 fully saturated rings. The molecule has 0 atom stereocenters. The lowest BCUT2D eigenvalue weighted by Gasteiger charge is -2.09. The van der Waals surface area contributed by atoms with E-state index < -0.39 is 0 Å². The molecule has 0 radical (unpaired) electrons. The third-order valence-corrected chi connectivity index (χ3v) is 4.70. The summed E-state index contributed by atoms with van der Waals surface area (Å²) in [5, 5.41) is 11.1. The molecule has 30 heavy (non-hydrogen) atoms. The van der Waals surface area contributed by atoms with E-state index in [0.717, 1.165) is 23.2 Å². The van der Waals surface area contributed by atoms with E-state index in [2.05, 4.69) is 21.6 Å². The highest BCUT2D eigenvalue weighted by Gasteiger charge is 2.13. The van der Waals surface area contributed by atoms with Gasteiger partial charge in [0.1, 0.15) is 5.82 Å². The van der Waals surface area contributed by atoms with Crippen LogP contribution in [0.1, 0.15) is 43.6 Å². The van der Waals surface area contributed by atoms with Gasteiger partial charge in [-0.25, -0.2) is 0 Å². The lowest BCUT2D eigenvalue weighted by Crippen LogP contribution is -2.26. The predicted molar refractivity (Wildman–Crippen MR) is 115 cm³/mol. The maximum absolute atomic E-state index is 12.9. The number of hydrogen-bond acceptors (Lipinski definition) is 5. The van der Waals surface area contributed by atoms with Crippen molar-refractivity contribution < 1.29 is 9.53 Å². The number of amides is 1. The van der Waals surface area contributed by atoms with Gasteiger partial charge in [-0.3, -0.25) is 18.6 Å². The molecule has 0 bridgehead atoms. The van der Waals surface area contributed by atoms with Crippen molar-refractivity contribution in [2.45, 2.75) is 53.1 Å². The van der Waals surface area contributed by atoms with Crippen molar-refractivity contribution in [2.24, 2.45) is 0 Å². The number of benzene rings is 1. The van der Waals surface area contributed by atoms with Crippen molar-refractivity contribution in [1.82, 2.24) is 24.5 Å². The number of aromatic nitrogens is 4. The molecule has 0 aliphatic rings. The van der Waals surface area contributed by atoms with E-state index in [1.54, 1.807) is 21.4 Å². The molecule has 8 heteroatoms. The normalized spacial score (nSPS) is 11.4. The average molecular weight is 412 g/mol. The first-order chi connectivity index (χ1) is 14.3. The van der Waals surface area contributed by atoms with Crippen LogP contribution in [0.4, 0.5) is 0 Å². The molecule has 8 nitrogen and oxygen atoms in total. The molecule has 0 spiro atoms. The molecule has 1 amide bonds. The molecule has 0 unspecified atom stereocenters. The number of nitrogens with zero attached hydrogens (tertiary/aromatic N) is 4. The van der Waals surface area contributed by atoms with E-state index in [-0.39, 0.29) is 29.6 Å². The second-order valence-electron chi connectivity index (χ2n) is 7.75. The summed E-state index contributed by atoms with van der Waals surface area (Å²) in [4.78, 5) is 25.0. The highest BCUT2D eigenvalue weighted by atomic mass is 16.5. The van der Waals surface area contributed by atoms with Crippen LogP contribution >= 0.6 is 0 Å². The quantitative estimate of drug-likeness (QED) is 0.546. The average Bonchev–Trinajstić information content (AvgIpc) is 3.09. The lowest BCUT2D eigenvalue weighted by atomic mass is 10.1. The molecule has 3 rings (SSSR count). The van der Waals surface area contributed by atoms with Crippen molar-refractivity contribution >= 4 is 11.6 Å². The van der Waals surface area contributed by atoms with Crippen LogP contribution in [0.15, 0.2) is 35.4 Å². The van der Waals surface area contributed by atoms with E-state index in [1.807, 2.05) is 39.8 Å². The summed E-state index contributed by atoms with van der Waals surface area (Å²) in [5.41, 5.74) is 2.97. The number of rotatable bonds is 9. The van der Waals surface area contributed by atoms with Crippen molar-refractivity contribution in [3.05, 3.63) is 57.9 Å². The predicted octanol–water partition coefficient (Wildman–Crippen LogP) is 2.36. The Balaban J connectivity index is 1.65. The van der Waals surface area contributed by atoms with Gasteiger partial charge in [0, 0.05) is 44.1 Å². The SMILES string of the molecule is Cc1cc(C)cc(-n2ccn3c(CCC(=O)NCCCOC(C)C)nnc3c2=O)c1. The Morgan fingerprint density at radius 1 is 1.13 bits per heavy atom. The molecule has 0 saturated heterocycles. The van der Waals surface area contributed by atoms with E-state index in [0.29, 0.717) is 25.4 Å². The second kappa shape index (κ2) is 9.67. The zero-order chi connectivity index (χ0) is 21.7. The third-order valence-electron chi connectivity index (χ3n) is 4.70. The van der Waals surface area contributed by atoms with Gasteiger partial charge >= 0.3 is 5.56 Å². The lowest BCUT2D eigenvalue weighted by molar-refractivity contribution is -0.121. The van der Waals surface area contributed by atoms with Crippen LogP contribution in [0.5, 0.6) is 0 Å². The minimum Gasteiger partial charge on any atom is -0.379 e. The summed E-state index contributed by atoms with van der Waals surface area (Å²) < 4.78 is 8.68. The Hall–Kier alpha value is -3.00. The van der Waals surface area contributed by atoms with E-state index in [9.17, 15) is 9.59 Å². The number of carbonyl (C=O) groups is 1. The van der Waals surface area contributed by atoms with Gasteiger partial charge in [0.05, 0.1) is 6.10 Å². The Morgan fingerprint density at radius 3 is 2.57 bits per heavy atom. The topological polar surface area (TPSA) is 90.5 Å². The largest absolute Gasteiger partial charge is 0.379 e. The summed E-state index contributed by atoms with van der Waals surface area (Å²) in [7, 11) is 0. The van der Waals surface area contributed by atoms with Crippen LogP contribution in [-0.2, 0) is 16.0 Å².